The second-order valence-electron chi connectivity index (χ2n) is 5.35. The topological polar surface area (TPSA) is 66.8 Å². The fourth-order valence-electron chi connectivity index (χ4n) is 1.59. The number of hydrogen-bond acceptors (Lipinski definition) is 4. The summed E-state index contributed by atoms with van der Waals surface area (Å²) in [5, 5.41) is 9.65. The number of benzene rings is 1. The third-order valence-corrected chi connectivity index (χ3v) is 3.42. The van der Waals surface area contributed by atoms with E-state index in [-0.39, 0.29) is 5.75 Å². The van der Waals surface area contributed by atoms with Crippen LogP contribution in [0.2, 0.25) is 0 Å². The lowest BCUT2D eigenvalue weighted by atomic mass is 10.1. The number of aromatic hydroxyl groups is 1. The van der Waals surface area contributed by atoms with E-state index in [1.165, 1.54) is 18.0 Å². The molecule has 110 valence electrons. The lowest BCUT2D eigenvalue weighted by Gasteiger charge is -2.28. The maximum atomic E-state index is 12.0. The highest BCUT2D eigenvalue weighted by Gasteiger charge is 2.27. The number of carbonyl (C=O) groups excluding carboxylic acids is 2. The number of nitrogens with zero attached hydrogens (tertiary/aromatic N) is 1. The standard InChI is InChI=1S/C14H18BrNO4/c1-14(2,3)20-13(19)16(4)10(8-17)9-6-5-7-11(18)12(9)15/h5-8,10,18H,1-4H3. The van der Waals surface area contributed by atoms with Crippen LogP contribution in [0.25, 0.3) is 0 Å². The second kappa shape index (κ2) is 6.26. The van der Waals surface area contributed by atoms with E-state index in [9.17, 15) is 14.7 Å². The molecule has 0 saturated carbocycles. The molecule has 6 heteroatoms. The molecule has 1 aromatic carbocycles. The summed E-state index contributed by atoms with van der Waals surface area (Å²) < 4.78 is 5.61. The minimum absolute atomic E-state index is 0.00642. The van der Waals surface area contributed by atoms with Crippen molar-refractivity contribution in [2.75, 3.05) is 7.05 Å². The Morgan fingerprint density at radius 3 is 2.55 bits per heavy atom. The molecular formula is C14H18BrNO4. The van der Waals surface area contributed by atoms with E-state index in [0.29, 0.717) is 16.3 Å². The molecule has 1 aromatic rings. The van der Waals surface area contributed by atoms with Crippen LogP contribution in [0.5, 0.6) is 5.75 Å². The summed E-state index contributed by atoms with van der Waals surface area (Å²) in [6.07, 6.45) is 0.0218. The lowest BCUT2D eigenvalue weighted by Crippen LogP contribution is -2.37. The summed E-state index contributed by atoms with van der Waals surface area (Å²) in [4.78, 5) is 24.5. The smallest absolute Gasteiger partial charge is 0.410 e. The van der Waals surface area contributed by atoms with Gasteiger partial charge in [0.2, 0.25) is 0 Å². The second-order valence-corrected chi connectivity index (χ2v) is 6.15. The number of halogens is 1. The van der Waals surface area contributed by atoms with E-state index in [2.05, 4.69) is 15.9 Å². The van der Waals surface area contributed by atoms with Crippen molar-refractivity contribution in [3.63, 3.8) is 0 Å². The van der Waals surface area contributed by atoms with E-state index in [1.807, 2.05) is 0 Å². The zero-order chi connectivity index (χ0) is 15.5. The van der Waals surface area contributed by atoms with Crippen molar-refractivity contribution in [2.45, 2.75) is 32.4 Å². The largest absolute Gasteiger partial charge is 0.507 e. The minimum Gasteiger partial charge on any atom is -0.507 e. The number of phenols is 1. The van der Waals surface area contributed by atoms with Gasteiger partial charge >= 0.3 is 6.09 Å². The van der Waals surface area contributed by atoms with Crippen LogP contribution in [-0.2, 0) is 9.53 Å². The summed E-state index contributed by atoms with van der Waals surface area (Å²) in [7, 11) is 1.48. The Kier molecular flexibility index (Phi) is 5.16. The predicted octanol–water partition coefficient (Wildman–Crippen LogP) is 3.26. The van der Waals surface area contributed by atoms with Gasteiger partial charge in [0.05, 0.1) is 4.47 Å². The first kappa shape index (κ1) is 16.5. The zero-order valence-electron chi connectivity index (χ0n) is 11.9. The SMILES string of the molecule is CN(C(=O)OC(C)(C)C)C(C=O)c1cccc(O)c1Br. The minimum atomic E-state index is -0.841. The molecule has 0 aliphatic rings. The highest BCUT2D eigenvalue weighted by Crippen LogP contribution is 2.33. The number of rotatable bonds is 3. The Hall–Kier alpha value is -1.56. The van der Waals surface area contributed by atoms with Crippen molar-refractivity contribution < 1.29 is 19.4 Å². The van der Waals surface area contributed by atoms with Crippen molar-refractivity contribution in [3.05, 3.63) is 28.2 Å². The summed E-state index contributed by atoms with van der Waals surface area (Å²) >= 11 is 3.21. The van der Waals surface area contributed by atoms with Crippen LogP contribution >= 0.6 is 15.9 Å². The third-order valence-electron chi connectivity index (χ3n) is 2.55. The third kappa shape index (κ3) is 3.96. The molecule has 1 rings (SSSR count). The number of ether oxygens (including phenoxy) is 1. The van der Waals surface area contributed by atoms with Gasteiger partial charge in [-0.1, -0.05) is 12.1 Å². The average molecular weight is 344 g/mol. The van der Waals surface area contributed by atoms with Gasteiger partial charge in [-0.05, 0) is 48.3 Å². The number of likely N-dealkylation sites (N-methyl/N-ethyl adjacent to an activating group) is 1. The molecule has 1 N–H and O–H groups in total. The monoisotopic (exact) mass is 343 g/mol. The van der Waals surface area contributed by atoms with E-state index in [0.717, 1.165) is 0 Å². The molecule has 0 spiro atoms. The van der Waals surface area contributed by atoms with Gasteiger partial charge in [-0.25, -0.2) is 4.79 Å². The Morgan fingerprint density at radius 1 is 1.45 bits per heavy atom. The van der Waals surface area contributed by atoms with E-state index < -0.39 is 17.7 Å². The Balaban J connectivity index is 3.04. The van der Waals surface area contributed by atoms with Gasteiger partial charge in [0.1, 0.15) is 23.7 Å². The van der Waals surface area contributed by atoms with Gasteiger partial charge in [-0.3, -0.25) is 4.90 Å². The van der Waals surface area contributed by atoms with Gasteiger partial charge in [-0.15, -0.1) is 0 Å². The zero-order valence-corrected chi connectivity index (χ0v) is 13.5. The van der Waals surface area contributed by atoms with Crippen molar-refractivity contribution in [1.82, 2.24) is 4.90 Å². The van der Waals surface area contributed by atoms with Crippen LogP contribution in [0.4, 0.5) is 4.79 Å². The van der Waals surface area contributed by atoms with E-state index in [4.69, 9.17) is 4.74 Å². The molecule has 0 heterocycles. The number of carbonyl (C=O) groups is 2. The van der Waals surface area contributed by atoms with Crippen molar-refractivity contribution in [1.29, 1.82) is 0 Å². The number of hydrogen-bond donors (Lipinski definition) is 1. The van der Waals surface area contributed by atoms with Crippen LogP contribution in [0.15, 0.2) is 22.7 Å². The molecule has 20 heavy (non-hydrogen) atoms. The van der Waals surface area contributed by atoms with Gasteiger partial charge in [-0.2, -0.15) is 0 Å². The number of phenolic OH excluding ortho intramolecular Hbond substituents is 1. The maximum Gasteiger partial charge on any atom is 0.410 e. The molecule has 0 saturated heterocycles. The van der Waals surface area contributed by atoms with Crippen LogP contribution in [0.1, 0.15) is 32.4 Å². The molecule has 5 nitrogen and oxygen atoms in total. The van der Waals surface area contributed by atoms with Crippen LogP contribution in [0, 0.1) is 0 Å². The van der Waals surface area contributed by atoms with Crippen LogP contribution in [0.3, 0.4) is 0 Å². The molecule has 0 bridgehead atoms. The summed E-state index contributed by atoms with van der Waals surface area (Å²) in [6, 6.07) is 3.91. The highest BCUT2D eigenvalue weighted by molar-refractivity contribution is 9.10. The normalized spacial score (nSPS) is 12.7. The average Bonchev–Trinajstić information content (AvgIpc) is 2.33. The highest BCUT2D eigenvalue weighted by atomic mass is 79.9. The van der Waals surface area contributed by atoms with Crippen molar-refractivity contribution in [2.24, 2.45) is 0 Å². The molecule has 0 aliphatic carbocycles. The summed E-state index contributed by atoms with van der Waals surface area (Å²) in [5.74, 6) is 0.00642. The fraction of sp³-hybridized carbons (Fsp3) is 0.429. The van der Waals surface area contributed by atoms with Gasteiger partial charge in [0, 0.05) is 7.05 Å². The number of aldehydes is 1. The van der Waals surface area contributed by atoms with Crippen LogP contribution < -0.4 is 0 Å². The van der Waals surface area contributed by atoms with E-state index >= 15 is 0 Å². The van der Waals surface area contributed by atoms with Gasteiger partial charge in [0.25, 0.3) is 0 Å². The quantitative estimate of drug-likeness (QED) is 0.855. The summed E-state index contributed by atoms with van der Waals surface area (Å²) in [6.45, 7) is 5.25. The number of amides is 1. The van der Waals surface area contributed by atoms with Gasteiger partial charge < -0.3 is 14.6 Å². The molecule has 1 amide bonds. The molecule has 0 radical (unpaired) electrons. The molecule has 1 atom stereocenters. The van der Waals surface area contributed by atoms with Crippen molar-refractivity contribution >= 4 is 28.3 Å². The molecule has 1 unspecified atom stereocenters. The molecule has 0 aromatic heterocycles. The van der Waals surface area contributed by atoms with Gasteiger partial charge in [0.15, 0.2) is 0 Å². The summed E-state index contributed by atoms with van der Waals surface area (Å²) in [5.41, 5.74) is -0.150. The fourth-order valence-corrected chi connectivity index (χ4v) is 2.09. The molecule has 0 fully saturated rings. The van der Waals surface area contributed by atoms with Crippen LogP contribution in [-0.4, -0.2) is 35.0 Å². The molecule has 0 aliphatic heterocycles. The van der Waals surface area contributed by atoms with E-state index in [1.54, 1.807) is 32.9 Å². The first-order chi connectivity index (χ1) is 9.17. The Morgan fingerprint density at radius 2 is 2.05 bits per heavy atom. The Labute approximate surface area is 126 Å². The van der Waals surface area contributed by atoms with Crippen molar-refractivity contribution in [3.8, 4) is 5.75 Å². The Bertz CT molecular complexity index is 510. The lowest BCUT2D eigenvalue weighted by molar-refractivity contribution is -0.112. The first-order valence-corrected chi connectivity index (χ1v) is 6.85. The maximum absolute atomic E-state index is 12.0. The predicted molar refractivity (Wildman–Crippen MR) is 78.6 cm³/mol. The molecular weight excluding hydrogens is 326 g/mol. The first-order valence-electron chi connectivity index (χ1n) is 6.06.